The van der Waals surface area contributed by atoms with Crippen LogP contribution in [-0.2, 0) is 9.53 Å². The van der Waals surface area contributed by atoms with Crippen molar-refractivity contribution in [1.29, 1.82) is 0 Å². The molecule has 1 amide bonds. The molecule has 0 saturated heterocycles. The molecule has 0 spiro atoms. The fourth-order valence-electron chi connectivity index (χ4n) is 3.06. The number of non-ortho nitro benzene ring substituents is 1. The summed E-state index contributed by atoms with van der Waals surface area (Å²) >= 11 is 0. The molecule has 0 bridgehead atoms. The summed E-state index contributed by atoms with van der Waals surface area (Å²) in [6.07, 6.45) is -0.196. The topological polar surface area (TPSA) is 102 Å². The maximum absolute atomic E-state index is 12.6. The van der Waals surface area contributed by atoms with Crippen molar-refractivity contribution in [2.45, 2.75) is 32.3 Å². The summed E-state index contributed by atoms with van der Waals surface area (Å²) in [6, 6.07) is 13.8. The van der Waals surface area contributed by atoms with Crippen molar-refractivity contribution < 1.29 is 19.2 Å². The molecular formula is C22H27N3O5. The van der Waals surface area contributed by atoms with Gasteiger partial charge < -0.3 is 15.0 Å². The van der Waals surface area contributed by atoms with Gasteiger partial charge in [-0.05, 0) is 25.0 Å². The van der Waals surface area contributed by atoms with Gasteiger partial charge in [-0.25, -0.2) is 4.79 Å². The summed E-state index contributed by atoms with van der Waals surface area (Å²) in [5.74, 6) is -1.06. The quantitative estimate of drug-likeness (QED) is 0.383. The number of nitro benzene ring substituents is 1. The molecule has 2 atom stereocenters. The molecule has 8 heteroatoms. The van der Waals surface area contributed by atoms with Gasteiger partial charge in [-0.15, -0.1) is 0 Å². The van der Waals surface area contributed by atoms with E-state index in [4.69, 9.17) is 4.74 Å². The fraction of sp³-hybridized carbons (Fsp3) is 0.364. The number of esters is 1. The van der Waals surface area contributed by atoms with Crippen molar-refractivity contribution in [3.05, 3.63) is 69.8 Å². The second-order valence-corrected chi connectivity index (χ2v) is 7.16. The summed E-state index contributed by atoms with van der Waals surface area (Å²) in [5.41, 5.74) is 1.40. The Labute approximate surface area is 176 Å². The van der Waals surface area contributed by atoms with Gasteiger partial charge >= 0.3 is 5.97 Å². The number of anilines is 1. The third kappa shape index (κ3) is 5.79. The van der Waals surface area contributed by atoms with E-state index in [1.54, 1.807) is 19.0 Å². The number of rotatable bonds is 9. The zero-order chi connectivity index (χ0) is 22.3. The first-order chi connectivity index (χ1) is 14.2. The van der Waals surface area contributed by atoms with Gasteiger partial charge in [0.15, 0.2) is 6.10 Å². The van der Waals surface area contributed by atoms with E-state index >= 15 is 0 Å². The van der Waals surface area contributed by atoms with Crippen molar-refractivity contribution >= 4 is 23.3 Å². The van der Waals surface area contributed by atoms with E-state index in [9.17, 15) is 19.7 Å². The Morgan fingerprint density at radius 2 is 1.83 bits per heavy atom. The molecule has 2 aromatic rings. The number of ether oxygens (including phenoxy) is 1. The van der Waals surface area contributed by atoms with Crippen LogP contribution in [0.1, 0.15) is 42.1 Å². The van der Waals surface area contributed by atoms with Crippen LogP contribution >= 0.6 is 0 Å². The Hall–Kier alpha value is -3.42. The largest absolute Gasteiger partial charge is 0.449 e. The second-order valence-electron chi connectivity index (χ2n) is 7.16. The predicted molar refractivity (Wildman–Crippen MR) is 115 cm³/mol. The van der Waals surface area contributed by atoms with Gasteiger partial charge in [0, 0.05) is 38.7 Å². The Morgan fingerprint density at radius 1 is 1.17 bits per heavy atom. The molecular weight excluding hydrogens is 386 g/mol. The first-order valence-electron chi connectivity index (χ1n) is 9.74. The number of amides is 1. The van der Waals surface area contributed by atoms with Crippen molar-refractivity contribution in [2.75, 3.05) is 25.5 Å². The van der Waals surface area contributed by atoms with E-state index in [1.165, 1.54) is 19.1 Å². The first-order valence-corrected chi connectivity index (χ1v) is 9.74. The number of benzene rings is 2. The monoisotopic (exact) mass is 413 g/mol. The van der Waals surface area contributed by atoms with Crippen LogP contribution < -0.4 is 10.2 Å². The highest BCUT2D eigenvalue weighted by Crippen LogP contribution is 2.25. The number of hydrogen-bond donors (Lipinski definition) is 1. The molecule has 0 aliphatic carbocycles. The standard InChI is InChI=1S/C22H27N3O5/c1-5-16(17-9-7-6-8-10-17)14-23-21(26)15(2)30-22(27)19-13-18(25(28)29)11-12-20(19)24(3)4/h6-13,15-16H,5,14H2,1-4H3,(H,23,26)/t15-,16+/m0/s1. The lowest BCUT2D eigenvalue weighted by atomic mass is 9.96. The van der Waals surface area contributed by atoms with Gasteiger partial charge in [0.05, 0.1) is 16.2 Å². The SMILES string of the molecule is CC[C@H](CNC(=O)[C@H](C)OC(=O)c1cc([N+](=O)[O-])ccc1N(C)C)c1ccccc1. The summed E-state index contributed by atoms with van der Waals surface area (Å²) in [5, 5.41) is 13.9. The summed E-state index contributed by atoms with van der Waals surface area (Å²) in [7, 11) is 3.42. The minimum atomic E-state index is -1.04. The predicted octanol–water partition coefficient (Wildman–Crippen LogP) is 3.52. The third-order valence-electron chi connectivity index (χ3n) is 4.83. The number of nitro groups is 1. The molecule has 0 aliphatic rings. The molecule has 8 nitrogen and oxygen atoms in total. The van der Waals surface area contributed by atoms with Crippen LogP contribution in [0.2, 0.25) is 0 Å². The lowest BCUT2D eigenvalue weighted by molar-refractivity contribution is -0.384. The van der Waals surface area contributed by atoms with E-state index in [2.05, 4.69) is 5.32 Å². The minimum absolute atomic E-state index is 0.0320. The maximum Gasteiger partial charge on any atom is 0.341 e. The average Bonchev–Trinajstić information content (AvgIpc) is 2.74. The zero-order valence-corrected chi connectivity index (χ0v) is 17.6. The Bertz CT molecular complexity index is 899. The van der Waals surface area contributed by atoms with Crippen LogP contribution in [0.25, 0.3) is 0 Å². The van der Waals surface area contributed by atoms with E-state index in [0.717, 1.165) is 18.1 Å². The molecule has 0 saturated carbocycles. The number of nitrogens with zero attached hydrogens (tertiary/aromatic N) is 2. The van der Waals surface area contributed by atoms with Crippen LogP contribution in [0.5, 0.6) is 0 Å². The third-order valence-corrected chi connectivity index (χ3v) is 4.83. The second kappa shape index (κ2) is 10.4. The average molecular weight is 413 g/mol. The highest BCUT2D eigenvalue weighted by molar-refractivity contribution is 5.98. The molecule has 1 N–H and O–H groups in total. The minimum Gasteiger partial charge on any atom is -0.449 e. The van der Waals surface area contributed by atoms with E-state index in [1.807, 2.05) is 37.3 Å². The number of hydrogen-bond acceptors (Lipinski definition) is 6. The molecule has 0 heterocycles. The van der Waals surface area contributed by atoms with Crippen molar-refractivity contribution in [3.8, 4) is 0 Å². The number of carbonyl (C=O) groups is 2. The molecule has 0 unspecified atom stereocenters. The maximum atomic E-state index is 12.6. The van der Waals surface area contributed by atoms with Crippen LogP contribution in [-0.4, -0.2) is 43.5 Å². The van der Waals surface area contributed by atoms with Gasteiger partial charge in [-0.1, -0.05) is 37.3 Å². The van der Waals surface area contributed by atoms with Gasteiger partial charge in [-0.3, -0.25) is 14.9 Å². The molecule has 2 rings (SSSR count). The van der Waals surface area contributed by atoms with Crippen LogP contribution in [0.3, 0.4) is 0 Å². The first kappa shape index (κ1) is 22.9. The van der Waals surface area contributed by atoms with Crippen molar-refractivity contribution in [1.82, 2.24) is 5.32 Å². The van der Waals surface area contributed by atoms with Crippen molar-refractivity contribution in [3.63, 3.8) is 0 Å². The fourth-order valence-corrected chi connectivity index (χ4v) is 3.06. The normalized spacial score (nSPS) is 12.5. The molecule has 0 aromatic heterocycles. The van der Waals surface area contributed by atoms with Gasteiger partial charge in [0.1, 0.15) is 0 Å². The Balaban J connectivity index is 2.05. The molecule has 0 radical (unpaired) electrons. The summed E-state index contributed by atoms with van der Waals surface area (Å²) in [4.78, 5) is 37.2. The van der Waals surface area contributed by atoms with Crippen molar-refractivity contribution in [2.24, 2.45) is 0 Å². The molecule has 160 valence electrons. The highest BCUT2D eigenvalue weighted by atomic mass is 16.6. The van der Waals surface area contributed by atoms with Crippen LogP contribution in [0, 0.1) is 10.1 Å². The summed E-state index contributed by atoms with van der Waals surface area (Å²) in [6.45, 7) is 3.93. The number of carbonyl (C=O) groups excluding carboxylic acids is 2. The Morgan fingerprint density at radius 3 is 2.40 bits per heavy atom. The number of nitrogens with one attached hydrogen (secondary N) is 1. The molecule has 0 aliphatic heterocycles. The van der Waals surface area contributed by atoms with Crippen LogP contribution in [0.15, 0.2) is 48.5 Å². The smallest absolute Gasteiger partial charge is 0.341 e. The Kier molecular flexibility index (Phi) is 7.91. The molecule has 0 fully saturated rings. The highest BCUT2D eigenvalue weighted by Gasteiger charge is 2.24. The lowest BCUT2D eigenvalue weighted by Gasteiger charge is -2.20. The van der Waals surface area contributed by atoms with Gasteiger partial charge in [-0.2, -0.15) is 0 Å². The van der Waals surface area contributed by atoms with Crippen LogP contribution in [0.4, 0.5) is 11.4 Å². The lowest BCUT2D eigenvalue weighted by Crippen LogP contribution is -2.38. The van der Waals surface area contributed by atoms with Gasteiger partial charge in [0.25, 0.3) is 11.6 Å². The zero-order valence-electron chi connectivity index (χ0n) is 17.6. The molecule has 30 heavy (non-hydrogen) atoms. The van der Waals surface area contributed by atoms with E-state index < -0.39 is 22.9 Å². The summed E-state index contributed by atoms with van der Waals surface area (Å²) < 4.78 is 5.30. The molecule has 2 aromatic carbocycles. The van der Waals surface area contributed by atoms with E-state index in [-0.39, 0.29) is 17.2 Å². The van der Waals surface area contributed by atoms with Gasteiger partial charge in [0.2, 0.25) is 0 Å². The van der Waals surface area contributed by atoms with E-state index in [0.29, 0.717) is 12.2 Å².